The van der Waals surface area contributed by atoms with Crippen molar-refractivity contribution >= 4 is 11.8 Å². The third-order valence-corrected chi connectivity index (χ3v) is 2.05. The van der Waals surface area contributed by atoms with Crippen molar-refractivity contribution in [1.82, 2.24) is 10.2 Å². The van der Waals surface area contributed by atoms with E-state index < -0.39 is 0 Å². The molecule has 4 heteroatoms. The molecule has 0 bridgehead atoms. The molecule has 1 aliphatic heterocycles. The van der Waals surface area contributed by atoms with Crippen LogP contribution in [0.1, 0.15) is 26.7 Å². The van der Waals surface area contributed by atoms with E-state index in [4.69, 9.17) is 0 Å². The average molecular weight is 184 g/mol. The van der Waals surface area contributed by atoms with Gasteiger partial charge in [-0.05, 0) is 13.3 Å². The summed E-state index contributed by atoms with van der Waals surface area (Å²) in [5.41, 5.74) is 0. The van der Waals surface area contributed by atoms with Crippen LogP contribution in [0.4, 0.5) is 0 Å². The van der Waals surface area contributed by atoms with Gasteiger partial charge in [0, 0.05) is 19.0 Å². The summed E-state index contributed by atoms with van der Waals surface area (Å²) >= 11 is 0. The second-order valence-electron chi connectivity index (χ2n) is 3.49. The van der Waals surface area contributed by atoms with Crippen LogP contribution in [-0.2, 0) is 9.59 Å². The monoisotopic (exact) mass is 184 g/mol. The molecule has 1 saturated heterocycles. The molecule has 1 heterocycles. The minimum atomic E-state index is -0.0526. The molecule has 2 amide bonds. The fraction of sp³-hybridized carbons (Fsp3) is 0.778. The van der Waals surface area contributed by atoms with Crippen LogP contribution >= 0.6 is 0 Å². The fourth-order valence-electron chi connectivity index (χ4n) is 1.50. The Morgan fingerprint density at radius 1 is 1.69 bits per heavy atom. The number of amides is 2. The summed E-state index contributed by atoms with van der Waals surface area (Å²) in [6, 6.07) is 0.0852. The summed E-state index contributed by atoms with van der Waals surface area (Å²) in [7, 11) is 0. The molecule has 0 aliphatic carbocycles. The third kappa shape index (κ3) is 2.72. The Balaban J connectivity index is 2.49. The smallest absolute Gasteiger partial charge is 0.239 e. The maximum Gasteiger partial charge on any atom is 0.239 e. The topological polar surface area (TPSA) is 49.4 Å². The van der Waals surface area contributed by atoms with Crippen LogP contribution in [-0.4, -0.2) is 35.8 Å². The Labute approximate surface area is 78.3 Å². The predicted octanol–water partition coefficient (Wildman–Crippen LogP) is 0.133. The standard InChI is InChI=1S/C9H16N2O2/c1-3-4-9(13)11-5-7(2)10-8(12)6-11/h7H,3-6H2,1-2H3,(H,10,12). The lowest BCUT2D eigenvalue weighted by atomic mass is 10.2. The predicted molar refractivity (Wildman–Crippen MR) is 49.1 cm³/mol. The van der Waals surface area contributed by atoms with Crippen LogP contribution in [0.25, 0.3) is 0 Å². The number of nitrogens with zero attached hydrogens (tertiary/aromatic N) is 1. The first-order valence-corrected chi connectivity index (χ1v) is 4.70. The molecule has 0 aromatic carbocycles. The molecule has 4 nitrogen and oxygen atoms in total. The van der Waals surface area contributed by atoms with E-state index in [0.717, 1.165) is 6.42 Å². The first kappa shape index (κ1) is 10.0. The van der Waals surface area contributed by atoms with Crippen molar-refractivity contribution < 1.29 is 9.59 Å². The molecule has 1 fully saturated rings. The van der Waals surface area contributed by atoms with Crippen molar-refractivity contribution in [3.8, 4) is 0 Å². The molecule has 0 radical (unpaired) electrons. The minimum absolute atomic E-state index is 0.0526. The van der Waals surface area contributed by atoms with Crippen molar-refractivity contribution in [3.05, 3.63) is 0 Å². The maximum absolute atomic E-state index is 11.4. The van der Waals surface area contributed by atoms with Gasteiger partial charge in [-0.2, -0.15) is 0 Å². The highest BCUT2D eigenvalue weighted by molar-refractivity contribution is 5.86. The molecule has 74 valence electrons. The zero-order valence-corrected chi connectivity index (χ0v) is 8.17. The van der Waals surface area contributed by atoms with Gasteiger partial charge in [-0.3, -0.25) is 9.59 Å². The Kier molecular flexibility index (Phi) is 3.28. The Hall–Kier alpha value is -1.06. The molecule has 0 aromatic rings. The van der Waals surface area contributed by atoms with Crippen molar-refractivity contribution in [2.75, 3.05) is 13.1 Å². The molecule has 0 aromatic heterocycles. The van der Waals surface area contributed by atoms with Gasteiger partial charge in [-0.15, -0.1) is 0 Å². The van der Waals surface area contributed by atoms with Gasteiger partial charge in [0.1, 0.15) is 0 Å². The number of hydrogen-bond acceptors (Lipinski definition) is 2. The third-order valence-electron chi connectivity index (χ3n) is 2.05. The average Bonchev–Trinajstić information content (AvgIpc) is 2.03. The first-order chi connectivity index (χ1) is 6.13. The van der Waals surface area contributed by atoms with E-state index in [1.54, 1.807) is 4.90 Å². The van der Waals surface area contributed by atoms with Crippen LogP contribution in [0.2, 0.25) is 0 Å². The second kappa shape index (κ2) is 4.25. The molecule has 1 N–H and O–H groups in total. The van der Waals surface area contributed by atoms with Gasteiger partial charge in [0.2, 0.25) is 11.8 Å². The molecule has 1 unspecified atom stereocenters. The van der Waals surface area contributed by atoms with E-state index in [9.17, 15) is 9.59 Å². The van der Waals surface area contributed by atoms with Crippen LogP contribution < -0.4 is 5.32 Å². The van der Waals surface area contributed by atoms with Crippen molar-refractivity contribution in [3.63, 3.8) is 0 Å². The van der Waals surface area contributed by atoms with Gasteiger partial charge in [0.15, 0.2) is 0 Å². The zero-order valence-electron chi connectivity index (χ0n) is 8.17. The summed E-state index contributed by atoms with van der Waals surface area (Å²) in [4.78, 5) is 24.2. The first-order valence-electron chi connectivity index (χ1n) is 4.70. The van der Waals surface area contributed by atoms with Crippen LogP contribution in [0.15, 0.2) is 0 Å². The van der Waals surface area contributed by atoms with Crippen molar-refractivity contribution in [1.29, 1.82) is 0 Å². The number of nitrogens with one attached hydrogen (secondary N) is 1. The molecular formula is C9H16N2O2. The highest BCUT2D eigenvalue weighted by atomic mass is 16.2. The second-order valence-corrected chi connectivity index (χ2v) is 3.49. The van der Waals surface area contributed by atoms with Crippen LogP contribution in [0.3, 0.4) is 0 Å². The molecule has 13 heavy (non-hydrogen) atoms. The Bertz CT molecular complexity index is 216. The Morgan fingerprint density at radius 3 is 2.92 bits per heavy atom. The molecular weight excluding hydrogens is 168 g/mol. The maximum atomic E-state index is 11.4. The summed E-state index contributed by atoms with van der Waals surface area (Å²) in [5.74, 6) is 0.0346. The number of carbonyl (C=O) groups is 2. The van der Waals surface area contributed by atoms with Gasteiger partial charge < -0.3 is 10.2 Å². The summed E-state index contributed by atoms with van der Waals surface area (Å²) < 4.78 is 0. The van der Waals surface area contributed by atoms with Crippen molar-refractivity contribution in [2.24, 2.45) is 0 Å². The lowest BCUT2D eigenvalue weighted by Crippen LogP contribution is -2.54. The number of carbonyl (C=O) groups excluding carboxylic acids is 2. The summed E-state index contributed by atoms with van der Waals surface area (Å²) in [6.45, 7) is 4.74. The number of hydrogen-bond donors (Lipinski definition) is 1. The Morgan fingerprint density at radius 2 is 2.38 bits per heavy atom. The molecule has 1 rings (SSSR count). The van der Waals surface area contributed by atoms with Crippen LogP contribution in [0, 0.1) is 0 Å². The van der Waals surface area contributed by atoms with E-state index in [-0.39, 0.29) is 24.4 Å². The van der Waals surface area contributed by atoms with E-state index in [2.05, 4.69) is 5.32 Å². The van der Waals surface area contributed by atoms with Crippen LogP contribution in [0.5, 0.6) is 0 Å². The van der Waals surface area contributed by atoms with E-state index in [1.807, 2.05) is 13.8 Å². The molecule has 1 aliphatic rings. The largest absolute Gasteiger partial charge is 0.350 e. The van der Waals surface area contributed by atoms with Gasteiger partial charge in [0.25, 0.3) is 0 Å². The van der Waals surface area contributed by atoms with Crippen molar-refractivity contribution in [2.45, 2.75) is 32.7 Å². The molecule has 0 spiro atoms. The van der Waals surface area contributed by atoms with E-state index in [1.165, 1.54) is 0 Å². The lowest BCUT2D eigenvalue weighted by molar-refractivity contribution is -0.139. The normalized spacial score (nSPS) is 22.8. The van der Waals surface area contributed by atoms with Gasteiger partial charge in [-0.25, -0.2) is 0 Å². The van der Waals surface area contributed by atoms with Gasteiger partial charge in [0.05, 0.1) is 6.54 Å². The van der Waals surface area contributed by atoms with E-state index >= 15 is 0 Å². The number of piperazine rings is 1. The highest BCUT2D eigenvalue weighted by Gasteiger charge is 2.24. The number of rotatable bonds is 2. The molecule has 1 atom stereocenters. The quantitative estimate of drug-likeness (QED) is 0.663. The van der Waals surface area contributed by atoms with Gasteiger partial charge >= 0.3 is 0 Å². The van der Waals surface area contributed by atoms with Gasteiger partial charge in [-0.1, -0.05) is 6.92 Å². The van der Waals surface area contributed by atoms with E-state index in [0.29, 0.717) is 13.0 Å². The highest BCUT2D eigenvalue weighted by Crippen LogP contribution is 2.03. The summed E-state index contributed by atoms with van der Waals surface area (Å²) in [6.07, 6.45) is 1.38. The molecule has 0 saturated carbocycles. The fourth-order valence-corrected chi connectivity index (χ4v) is 1.50. The zero-order chi connectivity index (χ0) is 9.84. The lowest BCUT2D eigenvalue weighted by Gasteiger charge is -2.31. The SMILES string of the molecule is CCCC(=O)N1CC(=O)NC(C)C1. The minimum Gasteiger partial charge on any atom is -0.350 e. The summed E-state index contributed by atoms with van der Waals surface area (Å²) in [5, 5.41) is 2.77.